The van der Waals surface area contributed by atoms with Crippen LogP contribution in [-0.4, -0.2) is 21.0 Å². The van der Waals surface area contributed by atoms with Gasteiger partial charge in [-0.15, -0.1) is 0 Å². The number of carbonyl (C=O) groups is 1. The van der Waals surface area contributed by atoms with Gasteiger partial charge in [0.05, 0.1) is 11.6 Å². The molecule has 1 atom stereocenters. The molecule has 0 aliphatic heterocycles. The Kier molecular flexibility index (Phi) is 2.55. The molecule has 13 heavy (non-hydrogen) atoms. The topological polar surface area (TPSA) is 86.9 Å². The lowest BCUT2D eigenvalue weighted by atomic mass is 10.2. The SMILES string of the molecule is CC(C#N)c1ncc(C(=O)O)cn1. The third kappa shape index (κ3) is 1.99. The molecule has 0 aliphatic rings. The molecule has 0 radical (unpaired) electrons. The fourth-order valence-corrected chi connectivity index (χ4v) is 0.730. The second-order valence-electron chi connectivity index (χ2n) is 2.49. The maximum absolute atomic E-state index is 10.4. The lowest BCUT2D eigenvalue weighted by Gasteiger charge is -1.99. The molecule has 1 aromatic heterocycles. The van der Waals surface area contributed by atoms with E-state index in [1.807, 2.05) is 6.07 Å². The van der Waals surface area contributed by atoms with E-state index in [2.05, 4.69) is 9.97 Å². The Balaban J connectivity index is 2.95. The van der Waals surface area contributed by atoms with Crippen molar-refractivity contribution >= 4 is 5.97 Å². The van der Waals surface area contributed by atoms with Gasteiger partial charge < -0.3 is 5.11 Å². The van der Waals surface area contributed by atoms with Crippen LogP contribution >= 0.6 is 0 Å². The van der Waals surface area contributed by atoms with Crippen molar-refractivity contribution in [3.8, 4) is 6.07 Å². The lowest BCUT2D eigenvalue weighted by Crippen LogP contribution is -2.03. The highest BCUT2D eigenvalue weighted by Crippen LogP contribution is 2.07. The smallest absolute Gasteiger partial charge is 0.338 e. The second kappa shape index (κ2) is 3.63. The molecule has 0 saturated carbocycles. The van der Waals surface area contributed by atoms with E-state index in [4.69, 9.17) is 10.4 Å². The molecule has 1 unspecified atom stereocenters. The minimum absolute atomic E-state index is 0.0221. The van der Waals surface area contributed by atoms with Crippen LogP contribution in [0.15, 0.2) is 12.4 Å². The Hall–Kier alpha value is -1.96. The molecule has 0 bridgehead atoms. The third-order valence-corrected chi connectivity index (χ3v) is 1.50. The number of nitrogens with zero attached hydrogens (tertiary/aromatic N) is 3. The highest BCUT2D eigenvalue weighted by molar-refractivity contribution is 5.86. The Bertz CT molecular complexity index is 353. The van der Waals surface area contributed by atoms with Gasteiger partial charge in [-0.1, -0.05) is 0 Å². The van der Waals surface area contributed by atoms with E-state index in [0.29, 0.717) is 5.82 Å². The monoisotopic (exact) mass is 177 g/mol. The fraction of sp³-hybridized carbons (Fsp3) is 0.250. The van der Waals surface area contributed by atoms with Crippen LogP contribution in [-0.2, 0) is 0 Å². The summed E-state index contributed by atoms with van der Waals surface area (Å²) in [4.78, 5) is 17.9. The van der Waals surface area contributed by atoms with Crippen LogP contribution < -0.4 is 0 Å². The number of carboxylic acids is 1. The average Bonchev–Trinajstić information content (AvgIpc) is 2.17. The van der Waals surface area contributed by atoms with Crippen LogP contribution in [0.4, 0.5) is 0 Å². The van der Waals surface area contributed by atoms with E-state index in [1.165, 1.54) is 12.4 Å². The molecular weight excluding hydrogens is 170 g/mol. The molecule has 0 saturated heterocycles. The first-order valence-corrected chi connectivity index (χ1v) is 3.60. The molecule has 5 heteroatoms. The van der Waals surface area contributed by atoms with Gasteiger partial charge >= 0.3 is 5.97 Å². The van der Waals surface area contributed by atoms with Gasteiger partial charge in [0.1, 0.15) is 11.7 Å². The Morgan fingerprint density at radius 2 is 2.15 bits per heavy atom. The molecule has 1 N–H and O–H groups in total. The number of nitriles is 1. The van der Waals surface area contributed by atoms with Crippen molar-refractivity contribution in [3.63, 3.8) is 0 Å². The van der Waals surface area contributed by atoms with Crippen molar-refractivity contribution in [2.24, 2.45) is 0 Å². The van der Waals surface area contributed by atoms with Gasteiger partial charge in [-0.05, 0) is 6.92 Å². The summed E-state index contributed by atoms with van der Waals surface area (Å²) in [6, 6.07) is 1.96. The summed E-state index contributed by atoms with van der Waals surface area (Å²) in [5, 5.41) is 17.0. The summed E-state index contributed by atoms with van der Waals surface area (Å²) in [7, 11) is 0. The zero-order valence-corrected chi connectivity index (χ0v) is 6.93. The van der Waals surface area contributed by atoms with E-state index in [-0.39, 0.29) is 5.56 Å². The van der Waals surface area contributed by atoms with Crippen LogP contribution in [0.5, 0.6) is 0 Å². The maximum Gasteiger partial charge on any atom is 0.338 e. The molecule has 66 valence electrons. The number of hydrogen-bond donors (Lipinski definition) is 1. The van der Waals surface area contributed by atoms with Crippen LogP contribution in [0, 0.1) is 11.3 Å². The quantitative estimate of drug-likeness (QED) is 0.721. The number of rotatable bonds is 2. The zero-order chi connectivity index (χ0) is 9.84. The molecule has 0 aliphatic carbocycles. The first-order chi connectivity index (χ1) is 6.15. The minimum atomic E-state index is -1.07. The van der Waals surface area contributed by atoms with Gasteiger partial charge in [-0.3, -0.25) is 0 Å². The van der Waals surface area contributed by atoms with Crippen LogP contribution in [0.3, 0.4) is 0 Å². The van der Waals surface area contributed by atoms with Crippen molar-refractivity contribution in [1.29, 1.82) is 5.26 Å². The van der Waals surface area contributed by atoms with E-state index in [9.17, 15) is 4.79 Å². The van der Waals surface area contributed by atoms with Crippen molar-refractivity contribution in [2.75, 3.05) is 0 Å². The summed E-state index contributed by atoms with van der Waals surface area (Å²) in [5.74, 6) is -1.15. The highest BCUT2D eigenvalue weighted by atomic mass is 16.4. The number of aromatic carboxylic acids is 1. The van der Waals surface area contributed by atoms with Crippen molar-refractivity contribution < 1.29 is 9.90 Å². The Morgan fingerprint density at radius 1 is 1.62 bits per heavy atom. The predicted octanol–water partition coefficient (Wildman–Crippen LogP) is 0.802. The Labute approximate surface area is 74.7 Å². The largest absolute Gasteiger partial charge is 0.478 e. The van der Waals surface area contributed by atoms with Crippen molar-refractivity contribution in [2.45, 2.75) is 12.8 Å². The van der Waals surface area contributed by atoms with E-state index >= 15 is 0 Å². The maximum atomic E-state index is 10.4. The number of aromatic nitrogens is 2. The summed E-state index contributed by atoms with van der Waals surface area (Å²) in [6.45, 7) is 1.65. The standard InChI is InChI=1S/C8H7N3O2/c1-5(2-9)7-10-3-6(4-11-7)8(12)13/h3-5H,1H3,(H,12,13). The summed E-state index contributed by atoms with van der Waals surface area (Å²) < 4.78 is 0. The molecule has 0 spiro atoms. The predicted molar refractivity (Wildman–Crippen MR) is 43.0 cm³/mol. The number of carboxylic acid groups (broad SMARTS) is 1. The molecule has 0 fully saturated rings. The zero-order valence-electron chi connectivity index (χ0n) is 6.93. The van der Waals surface area contributed by atoms with E-state index in [1.54, 1.807) is 6.92 Å². The third-order valence-electron chi connectivity index (χ3n) is 1.50. The molecular formula is C8H7N3O2. The van der Waals surface area contributed by atoms with Gasteiger partial charge in [0.15, 0.2) is 0 Å². The van der Waals surface area contributed by atoms with Gasteiger partial charge in [0.2, 0.25) is 0 Å². The first-order valence-electron chi connectivity index (χ1n) is 3.60. The van der Waals surface area contributed by atoms with Crippen LogP contribution in [0.2, 0.25) is 0 Å². The highest BCUT2D eigenvalue weighted by Gasteiger charge is 2.08. The molecule has 1 aromatic rings. The lowest BCUT2D eigenvalue weighted by molar-refractivity contribution is 0.0696. The van der Waals surface area contributed by atoms with Crippen molar-refractivity contribution in [3.05, 3.63) is 23.8 Å². The molecule has 5 nitrogen and oxygen atoms in total. The van der Waals surface area contributed by atoms with Gasteiger partial charge in [0, 0.05) is 12.4 Å². The minimum Gasteiger partial charge on any atom is -0.478 e. The van der Waals surface area contributed by atoms with Gasteiger partial charge in [0.25, 0.3) is 0 Å². The first kappa shape index (κ1) is 9.13. The molecule has 1 heterocycles. The number of hydrogen-bond acceptors (Lipinski definition) is 4. The summed E-state index contributed by atoms with van der Waals surface area (Å²) >= 11 is 0. The molecule has 1 rings (SSSR count). The van der Waals surface area contributed by atoms with Gasteiger partial charge in [-0.25, -0.2) is 14.8 Å². The summed E-state index contributed by atoms with van der Waals surface area (Å²) in [5.41, 5.74) is 0.0221. The average molecular weight is 177 g/mol. The van der Waals surface area contributed by atoms with Crippen molar-refractivity contribution in [1.82, 2.24) is 9.97 Å². The molecule has 0 amide bonds. The van der Waals surface area contributed by atoms with E-state index < -0.39 is 11.9 Å². The van der Waals surface area contributed by atoms with Crippen LogP contribution in [0.1, 0.15) is 29.0 Å². The van der Waals surface area contributed by atoms with Crippen LogP contribution in [0.25, 0.3) is 0 Å². The van der Waals surface area contributed by atoms with Gasteiger partial charge in [-0.2, -0.15) is 5.26 Å². The Morgan fingerprint density at radius 3 is 2.54 bits per heavy atom. The normalized spacial score (nSPS) is 11.7. The fourth-order valence-electron chi connectivity index (χ4n) is 0.730. The second-order valence-corrected chi connectivity index (χ2v) is 2.49. The summed E-state index contributed by atoms with van der Waals surface area (Å²) in [6.07, 6.45) is 2.39. The molecule has 0 aromatic carbocycles. The van der Waals surface area contributed by atoms with E-state index in [0.717, 1.165) is 0 Å².